The maximum absolute atomic E-state index is 11.5. The van der Waals surface area contributed by atoms with Gasteiger partial charge in [-0.1, -0.05) is 0 Å². The first-order chi connectivity index (χ1) is 7.25. The Bertz CT molecular complexity index is 451. The van der Waals surface area contributed by atoms with Gasteiger partial charge in [-0.05, 0) is 34.1 Å². The average Bonchev–Trinajstić information content (AvgIpc) is 2.74. The van der Waals surface area contributed by atoms with Crippen LogP contribution < -0.4 is 5.32 Å². The van der Waals surface area contributed by atoms with Crippen molar-refractivity contribution >= 4 is 27.7 Å². The number of rotatable bonds is 2. The second-order valence-corrected chi connectivity index (χ2v) is 3.74. The van der Waals surface area contributed by atoms with Gasteiger partial charge in [0.2, 0.25) is 0 Å². The number of pyridine rings is 1. The van der Waals surface area contributed by atoms with Gasteiger partial charge in [-0.2, -0.15) is 0 Å². The van der Waals surface area contributed by atoms with Crippen LogP contribution in [0.15, 0.2) is 45.8 Å². The van der Waals surface area contributed by atoms with E-state index in [1.165, 1.54) is 12.5 Å². The molecule has 2 rings (SSSR count). The first-order valence-electron chi connectivity index (χ1n) is 4.21. The molecular weight excluding hydrogens is 260 g/mol. The maximum Gasteiger partial charge on any atom is 0.260 e. The molecule has 0 aliphatic rings. The lowest BCUT2D eigenvalue weighted by Crippen LogP contribution is -2.11. The molecule has 0 atom stereocenters. The van der Waals surface area contributed by atoms with Crippen LogP contribution >= 0.6 is 15.9 Å². The van der Waals surface area contributed by atoms with Crippen LogP contribution in [-0.4, -0.2) is 10.9 Å². The number of amides is 1. The Hall–Kier alpha value is -1.62. The van der Waals surface area contributed by atoms with E-state index < -0.39 is 0 Å². The maximum atomic E-state index is 11.5. The highest BCUT2D eigenvalue weighted by molar-refractivity contribution is 9.10. The van der Waals surface area contributed by atoms with E-state index in [2.05, 4.69) is 26.2 Å². The minimum absolute atomic E-state index is 0.237. The molecular formula is C10H7BrN2O2. The fraction of sp³-hybridized carbons (Fsp3) is 0. The van der Waals surface area contributed by atoms with E-state index in [4.69, 9.17) is 4.42 Å². The Labute approximate surface area is 94.4 Å². The van der Waals surface area contributed by atoms with Gasteiger partial charge in [0, 0.05) is 10.7 Å². The zero-order chi connectivity index (χ0) is 10.7. The van der Waals surface area contributed by atoms with Crippen molar-refractivity contribution in [2.75, 3.05) is 5.32 Å². The first-order valence-corrected chi connectivity index (χ1v) is 5.00. The Morgan fingerprint density at radius 3 is 2.87 bits per heavy atom. The topological polar surface area (TPSA) is 55.1 Å². The predicted molar refractivity (Wildman–Crippen MR) is 58.6 cm³/mol. The van der Waals surface area contributed by atoms with Gasteiger partial charge in [0.05, 0.1) is 11.8 Å². The molecule has 2 heterocycles. The molecule has 15 heavy (non-hydrogen) atoms. The van der Waals surface area contributed by atoms with E-state index in [-0.39, 0.29) is 5.91 Å². The Balaban J connectivity index is 2.09. The molecule has 1 N–H and O–H groups in total. The molecule has 2 aromatic rings. The molecule has 0 saturated heterocycles. The molecule has 0 aromatic carbocycles. The van der Waals surface area contributed by atoms with Crippen LogP contribution in [0.25, 0.3) is 0 Å². The molecule has 0 fully saturated rings. The van der Waals surface area contributed by atoms with E-state index in [9.17, 15) is 4.79 Å². The van der Waals surface area contributed by atoms with Crippen LogP contribution in [0.3, 0.4) is 0 Å². The van der Waals surface area contributed by atoms with Gasteiger partial charge >= 0.3 is 0 Å². The fourth-order valence-electron chi connectivity index (χ4n) is 1.03. The molecule has 0 aliphatic heterocycles. The van der Waals surface area contributed by atoms with E-state index >= 15 is 0 Å². The molecule has 76 valence electrons. The second-order valence-electron chi connectivity index (χ2n) is 2.83. The van der Waals surface area contributed by atoms with Crippen LogP contribution in [-0.2, 0) is 0 Å². The van der Waals surface area contributed by atoms with Crippen LogP contribution in [0.5, 0.6) is 0 Å². The van der Waals surface area contributed by atoms with Gasteiger partial charge in [0.15, 0.2) is 0 Å². The summed E-state index contributed by atoms with van der Waals surface area (Å²) < 4.78 is 5.67. The number of hydrogen-bond acceptors (Lipinski definition) is 3. The summed E-state index contributed by atoms with van der Waals surface area (Å²) in [4.78, 5) is 15.6. The van der Waals surface area contributed by atoms with Crippen LogP contribution in [0.4, 0.5) is 5.82 Å². The Kier molecular flexibility index (Phi) is 2.82. The molecule has 1 amide bonds. The predicted octanol–water partition coefficient (Wildman–Crippen LogP) is 2.69. The SMILES string of the molecule is O=C(Nc1ccc(Br)cn1)c1ccoc1. The molecule has 0 bridgehead atoms. The van der Waals surface area contributed by atoms with Crippen molar-refractivity contribution in [3.8, 4) is 0 Å². The fourth-order valence-corrected chi connectivity index (χ4v) is 1.27. The third kappa shape index (κ3) is 2.44. The first kappa shape index (κ1) is 9.92. The summed E-state index contributed by atoms with van der Waals surface area (Å²) in [5.41, 5.74) is 0.472. The number of anilines is 1. The number of hydrogen-bond donors (Lipinski definition) is 1. The normalized spacial score (nSPS) is 9.93. The molecule has 5 heteroatoms. The Morgan fingerprint density at radius 2 is 2.27 bits per heavy atom. The summed E-state index contributed by atoms with van der Waals surface area (Å²) in [5.74, 6) is 0.267. The number of carbonyl (C=O) groups is 1. The molecule has 0 aliphatic carbocycles. The smallest absolute Gasteiger partial charge is 0.260 e. The van der Waals surface area contributed by atoms with Crippen molar-refractivity contribution in [1.82, 2.24) is 4.98 Å². The Morgan fingerprint density at radius 1 is 1.40 bits per heavy atom. The van der Waals surface area contributed by atoms with E-state index in [0.717, 1.165) is 4.47 Å². The lowest BCUT2D eigenvalue weighted by molar-refractivity contribution is 0.102. The van der Waals surface area contributed by atoms with Crippen molar-refractivity contribution in [3.63, 3.8) is 0 Å². The van der Waals surface area contributed by atoms with E-state index in [0.29, 0.717) is 11.4 Å². The van der Waals surface area contributed by atoms with Crippen molar-refractivity contribution in [1.29, 1.82) is 0 Å². The van der Waals surface area contributed by atoms with E-state index in [1.807, 2.05) is 0 Å². The number of nitrogens with zero attached hydrogens (tertiary/aromatic N) is 1. The third-order valence-corrected chi connectivity index (χ3v) is 2.22. The van der Waals surface area contributed by atoms with E-state index in [1.54, 1.807) is 24.4 Å². The molecule has 4 nitrogen and oxygen atoms in total. The molecule has 0 unspecified atom stereocenters. The van der Waals surface area contributed by atoms with Gasteiger partial charge in [-0.3, -0.25) is 4.79 Å². The zero-order valence-corrected chi connectivity index (χ0v) is 9.19. The number of halogens is 1. The lowest BCUT2D eigenvalue weighted by Gasteiger charge is -2.01. The number of carbonyl (C=O) groups excluding carboxylic acids is 1. The summed E-state index contributed by atoms with van der Waals surface area (Å²) in [6.45, 7) is 0. The number of nitrogens with one attached hydrogen (secondary N) is 1. The monoisotopic (exact) mass is 266 g/mol. The quantitative estimate of drug-likeness (QED) is 0.910. The summed E-state index contributed by atoms with van der Waals surface area (Å²) in [6, 6.07) is 5.11. The molecule has 0 saturated carbocycles. The van der Waals surface area contributed by atoms with Crippen LogP contribution in [0.2, 0.25) is 0 Å². The zero-order valence-electron chi connectivity index (χ0n) is 7.61. The van der Waals surface area contributed by atoms with Crippen molar-refractivity contribution in [2.45, 2.75) is 0 Å². The largest absolute Gasteiger partial charge is 0.472 e. The van der Waals surface area contributed by atoms with Gasteiger partial charge in [-0.25, -0.2) is 4.98 Å². The highest BCUT2D eigenvalue weighted by Gasteiger charge is 2.07. The van der Waals surface area contributed by atoms with Gasteiger partial charge in [-0.15, -0.1) is 0 Å². The second kappa shape index (κ2) is 4.27. The number of aromatic nitrogens is 1. The summed E-state index contributed by atoms with van der Waals surface area (Å²) in [6.07, 6.45) is 4.45. The highest BCUT2D eigenvalue weighted by atomic mass is 79.9. The lowest BCUT2D eigenvalue weighted by atomic mass is 10.3. The summed E-state index contributed by atoms with van der Waals surface area (Å²) in [7, 11) is 0. The number of furan rings is 1. The van der Waals surface area contributed by atoms with Gasteiger partial charge < -0.3 is 9.73 Å². The standard InChI is InChI=1S/C10H7BrN2O2/c11-8-1-2-9(12-5-8)13-10(14)7-3-4-15-6-7/h1-6H,(H,12,13,14). The summed E-state index contributed by atoms with van der Waals surface area (Å²) >= 11 is 3.26. The van der Waals surface area contributed by atoms with Gasteiger partial charge in [0.1, 0.15) is 12.1 Å². The van der Waals surface area contributed by atoms with Gasteiger partial charge in [0.25, 0.3) is 5.91 Å². The highest BCUT2D eigenvalue weighted by Crippen LogP contribution is 2.11. The molecule has 2 aromatic heterocycles. The minimum atomic E-state index is -0.237. The third-order valence-electron chi connectivity index (χ3n) is 1.75. The van der Waals surface area contributed by atoms with Crippen molar-refractivity contribution in [3.05, 3.63) is 47.0 Å². The van der Waals surface area contributed by atoms with Crippen LogP contribution in [0, 0.1) is 0 Å². The van der Waals surface area contributed by atoms with Crippen LogP contribution in [0.1, 0.15) is 10.4 Å². The van der Waals surface area contributed by atoms with Crippen molar-refractivity contribution < 1.29 is 9.21 Å². The minimum Gasteiger partial charge on any atom is -0.472 e. The van der Waals surface area contributed by atoms with Crippen molar-refractivity contribution in [2.24, 2.45) is 0 Å². The summed E-state index contributed by atoms with van der Waals surface area (Å²) in [5, 5.41) is 2.64. The average molecular weight is 267 g/mol. The molecule has 0 spiro atoms. The molecule has 0 radical (unpaired) electrons.